The zero-order valence-corrected chi connectivity index (χ0v) is 16.4. The topological polar surface area (TPSA) is 84.7 Å². The van der Waals surface area contributed by atoms with Crippen LogP contribution in [0.2, 0.25) is 0 Å². The maximum atomic E-state index is 11.9. The van der Waals surface area contributed by atoms with Gasteiger partial charge in [-0.05, 0) is 49.6 Å². The van der Waals surface area contributed by atoms with Crippen LogP contribution in [-0.4, -0.2) is 51.7 Å². The smallest absolute Gasteiger partial charge is 0.219 e. The lowest BCUT2D eigenvalue weighted by atomic mass is 9.97. The van der Waals surface area contributed by atoms with Gasteiger partial charge in [0.15, 0.2) is 6.29 Å². The Labute approximate surface area is 164 Å². The molecule has 28 heavy (non-hydrogen) atoms. The van der Waals surface area contributed by atoms with Crippen LogP contribution in [0, 0.1) is 0 Å². The van der Waals surface area contributed by atoms with E-state index < -0.39 is 0 Å². The van der Waals surface area contributed by atoms with Crippen molar-refractivity contribution >= 4 is 17.8 Å². The Morgan fingerprint density at radius 2 is 2.14 bits per heavy atom. The van der Waals surface area contributed by atoms with E-state index >= 15 is 0 Å². The summed E-state index contributed by atoms with van der Waals surface area (Å²) >= 11 is 0. The number of amides is 1. The lowest BCUT2D eigenvalue weighted by Crippen LogP contribution is -2.36. The molecule has 0 saturated heterocycles. The summed E-state index contributed by atoms with van der Waals surface area (Å²) in [5.41, 5.74) is 3.17. The second-order valence-electron chi connectivity index (χ2n) is 7.12. The number of aromatic nitrogens is 2. The summed E-state index contributed by atoms with van der Waals surface area (Å²) in [5, 5.41) is 14.3. The van der Waals surface area contributed by atoms with Gasteiger partial charge in [-0.3, -0.25) is 14.3 Å². The van der Waals surface area contributed by atoms with Crippen molar-refractivity contribution in [2.24, 2.45) is 0 Å². The molecule has 3 rings (SSSR count). The molecule has 1 aliphatic rings. The Hall–Kier alpha value is -3.09. The molecule has 1 amide bonds. The number of benzene rings is 1. The number of carbonyl (C=O) groups is 2. The predicted octanol–water partition coefficient (Wildman–Crippen LogP) is 3.07. The van der Waals surface area contributed by atoms with E-state index in [9.17, 15) is 14.7 Å². The second-order valence-corrected chi connectivity index (χ2v) is 7.12. The van der Waals surface area contributed by atoms with Crippen LogP contribution in [0.15, 0.2) is 36.0 Å². The van der Waals surface area contributed by atoms with E-state index in [2.05, 4.69) is 18.9 Å². The molecular formula is C21H25N3O4. The fourth-order valence-electron chi connectivity index (χ4n) is 3.40. The number of rotatable bonds is 6. The molecule has 1 aromatic heterocycles. The van der Waals surface area contributed by atoms with Crippen LogP contribution in [0.25, 0.3) is 5.57 Å². The SMILES string of the molecule is CC(=O)N1CCC(COc2cccc(O)c2C=O)=C(c2ccnn2C(C)C)C1. The molecule has 0 aliphatic carbocycles. The minimum Gasteiger partial charge on any atom is -0.507 e. The third-order valence-corrected chi connectivity index (χ3v) is 4.94. The molecule has 0 bridgehead atoms. The van der Waals surface area contributed by atoms with Crippen LogP contribution in [0.5, 0.6) is 11.5 Å². The zero-order chi connectivity index (χ0) is 20.3. The standard InChI is InChI=1S/C21H25N3O4/c1-14(2)24-19(7-9-22-24)17-11-23(15(3)26)10-8-16(17)13-28-21-6-4-5-20(27)18(21)12-25/h4-7,9,12,14,27H,8,10-11,13H2,1-3H3. The van der Waals surface area contributed by atoms with Crippen molar-refractivity contribution < 1.29 is 19.4 Å². The number of phenolic OH excluding ortho intramolecular Hbond substituents is 1. The Morgan fingerprint density at radius 3 is 2.82 bits per heavy atom. The summed E-state index contributed by atoms with van der Waals surface area (Å²) in [4.78, 5) is 25.0. The summed E-state index contributed by atoms with van der Waals surface area (Å²) in [6.45, 7) is 7.07. The monoisotopic (exact) mass is 383 g/mol. The molecule has 7 heteroatoms. The lowest BCUT2D eigenvalue weighted by Gasteiger charge is -2.31. The number of nitrogens with zero attached hydrogens (tertiary/aromatic N) is 3. The van der Waals surface area contributed by atoms with E-state index in [1.807, 2.05) is 15.6 Å². The quantitative estimate of drug-likeness (QED) is 0.775. The van der Waals surface area contributed by atoms with Crippen LogP contribution in [0.3, 0.4) is 0 Å². The van der Waals surface area contributed by atoms with E-state index in [1.54, 1.807) is 25.3 Å². The molecule has 7 nitrogen and oxygen atoms in total. The van der Waals surface area contributed by atoms with Gasteiger partial charge in [0.25, 0.3) is 0 Å². The molecule has 148 valence electrons. The number of phenols is 1. The minimum atomic E-state index is -0.106. The van der Waals surface area contributed by atoms with Gasteiger partial charge in [0.1, 0.15) is 18.1 Å². The van der Waals surface area contributed by atoms with Crippen LogP contribution in [0.4, 0.5) is 0 Å². The van der Waals surface area contributed by atoms with Crippen molar-refractivity contribution in [3.05, 3.63) is 47.3 Å². The highest BCUT2D eigenvalue weighted by atomic mass is 16.5. The Kier molecular flexibility index (Phi) is 5.82. The fraction of sp³-hybridized carbons (Fsp3) is 0.381. The third kappa shape index (κ3) is 3.93. The first-order valence-electron chi connectivity index (χ1n) is 9.32. The first kappa shape index (κ1) is 19.7. The molecule has 0 spiro atoms. The van der Waals surface area contributed by atoms with E-state index in [-0.39, 0.29) is 29.9 Å². The molecule has 1 N–H and O–H groups in total. The largest absolute Gasteiger partial charge is 0.507 e. The molecule has 0 unspecified atom stereocenters. The maximum absolute atomic E-state index is 11.9. The number of hydrogen-bond donors (Lipinski definition) is 1. The highest BCUT2D eigenvalue weighted by Crippen LogP contribution is 2.30. The molecule has 2 aromatic rings. The van der Waals surface area contributed by atoms with Crippen molar-refractivity contribution in [2.45, 2.75) is 33.2 Å². The van der Waals surface area contributed by atoms with Gasteiger partial charge in [-0.15, -0.1) is 0 Å². The van der Waals surface area contributed by atoms with Crippen molar-refractivity contribution in [3.63, 3.8) is 0 Å². The number of ether oxygens (including phenoxy) is 1. The number of hydrogen-bond acceptors (Lipinski definition) is 5. The zero-order valence-electron chi connectivity index (χ0n) is 16.4. The van der Waals surface area contributed by atoms with Gasteiger partial charge in [-0.2, -0.15) is 5.10 Å². The van der Waals surface area contributed by atoms with Gasteiger partial charge in [0, 0.05) is 32.3 Å². The normalized spacial score (nSPS) is 14.5. The molecule has 0 fully saturated rings. The van der Waals surface area contributed by atoms with Gasteiger partial charge in [-0.1, -0.05) is 6.07 Å². The summed E-state index contributed by atoms with van der Waals surface area (Å²) in [6.07, 6.45) is 3.02. The van der Waals surface area contributed by atoms with Crippen LogP contribution >= 0.6 is 0 Å². The van der Waals surface area contributed by atoms with Crippen molar-refractivity contribution in [2.75, 3.05) is 19.7 Å². The molecular weight excluding hydrogens is 358 g/mol. The minimum absolute atomic E-state index is 0.0318. The predicted molar refractivity (Wildman–Crippen MR) is 105 cm³/mol. The molecule has 0 atom stereocenters. The van der Waals surface area contributed by atoms with E-state index in [4.69, 9.17) is 4.74 Å². The van der Waals surface area contributed by atoms with E-state index in [0.29, 0.717) is 31.5 Å². The summed E-state index contributed by atoms with van der Waals surface area (Å²) in [5.74, 6) is 0.267. The van der Waals surface area contributed by atoms with Crippen molar-refractivity contribution in [1.29, 1.82) is 0 Å². The van der Waals surface area contributed by atoms with E-state index in [0.717, 1.165) is 16.8 Å². The molecule has 1 aromatic carbocycles. The van der Waals surface area contributed by atoms with Crippen LogP contribution in [-0.2, 0) is 4.79 Å². The average Bonchev–Trinajstić information content (AvgIpc) is 3.16. The first-order valence-corrected chi connectivity index (χ1v) is 9.32. The van der Waals surface area contributed by atoms with Gasteiger partial charge in [-0.25, -0.2) is 0 Å². The summed E-state index contributed by atoms with van der Waals surface area (Å²) in [7, 11) is 0. The fourth-order valence-corrected chi connectivity index (χ4v) is 3.40. The summed E-state index contributed by atoms with van der Waals surface area (Å²) < 4.78 is 7.83. The Morgan fingerprint density at radius 1 is 1.36 bits per heavy atom. The van der Waals surface area contributed by atoms with Crippen molar-refractivity contribution in [3.8, 4) is 11.5 Å². The number of aromatic hydroxyl groups is 1. The summed E-state index contributed by atoms with van der Waals surface area (Å²) in [6, 6.07) is 6.88. The van der Waals surface area contributed by atoms with Gasteiger partial charge >= 0.3 is 0 Å². The van der Waals surface area contributed by atoms with Crippen molar-refractivity contribution in [1.82, 2.24) is 14.7 Å². The van der Waals surface area contributed by atoms with Crippen LogP contribution < -0.4 is 4.74 Å². The van der Waals surface area contributed by atoms with E-state index in [1.165, 1.54) is 6.07 Å². The Bertz CT molecular complexity index is 914. The van der Waals surface area contributed by atoms with Gasteiger partial charge < -0.3 is 14.7 Å². The number of carbonyl (C=O) groups excluding carboxylic acids is 2. The first-order chi connectivity index (χ1) is 13.4. The van der Waals surface area contributed by atoms with Crippen LogP contribution in [0.1, 0.15) is 49.3 Å². The number of aldehydes is 1. The molecule has 0 radical (unpaired) electrons. The molecule has 2 heterocycles. The highest BCUT2D eigenvalue weighted by molar-refractivity contribution is 5.83. The molecule has 1 aliphatic heterocycles. The maximum Gasteiger partial charge on any atom is 0.219 e. The molecule has 0 saturated carbocycles. The van der Waals surface area contributed by atoms with Gasteiger partial charge in [0.2, 0.25) is 5.91 Å². The average molecular weight is 383 g/mol. The lowest BCUT2D eigenvalue weighted by molar-refractivity contribution is -0.128. The highest BCUT2D eigenvalue weighted by Gasteiger charge is 2.25. The Balaban J connectivity index is 1.95. The third-order valence-electron chi connectivity index (χ3n) is 4.94. The van der Waals surface area contributed by atoms with Gasteiger partial charge in [0.05, 0.1) is 11.3 Å². The second kappa shape index (κ2) is 8.29.